The van der Waals surface area contributed by atoms with Crippen molar-refractivity contribution >= 4 is 41.1 Å². The van der Waals surface area contributed by atoms with Crippen LogP contribution >= 0.6 is 7.14 Å². The lowest BCUT2D eigenvalue weighted by molar-refractivity contribution is -0.137. The Labute approximate surface area is 199 Å². The molecule has 0 amide bonds. The number of benzene rings is 1. The lowest BCUT2D eigenvalue weighted by Gasteiger charge is -2.15. The van der Waals surface area contributed by atoms with Crippen LogP contribution in [0.25, 0.3) is 10.9 Å². The quantitative estimate of drug-likeness (QED) is 0.301. The molecule has 0 unspecified atom stereocenters. The van der Waals surface area contributed by atoms with E-state index in [2.05, 4.69) is 35.6 Å². The predicted octanol–water partition coefficient (Wildman–Crippen LogP) is 4.42. The van der Waals surface area contributed by atoms with E-state index in [9.17, 15) is 17.7 Å². The summed E-state index contributed by atoms with van der Waals surface area (Å²) in [6.45, 7) is 3.29. The van der Waals surface area contributed by atoms with Crippen molar-refractivity contribution in [3.8, 4) is 5.88 Å². The van der Waals surface area contributed by atoms with Crippen LogP contribution in [0.3, 0.4) is 0 Å². The Balaban J connectivity index is 1.57. The molecule has 35 heavy (non-hydrogen) atoms. The zero-order chi connectivity index (χ0) is 25.2. The van der Waals surface area contributed by atoms with Gasteiger partial charge >= 0.3 is 6.18 Å². The number of rotatable bonds is 8. The Hall–Kier alpha value is -3.66. The number of ether oxygens (including phenoxy) is 1. The monoisotopic (exact) mass is 505 g/mol. The molecule has 3 heterocycles. The minimum absolute atomic E-state index is 0.0174. The number of alkyl halides is 3. The summed E-state index contributed by atoms with van der Waals surface area (Å²) >= 11 is 0. The molecule has 9 nitrogen and oxygen atoms in total. The number of halogens is 3. The molecule has 1 aromatic carbocycles. The number of methoxy groups -OCH3 is 1. The minimum Gasteiger partial charge on any atom is -0.478 e. The number of aromatic amines is 1. The van der Waals surface area contributed by atoms with Crippen molar-refractivity contribution in [3.05, 3.63) is 54.0 Å². The van der Waals surface area contributed by atoms with Crippen molar-refractivity contribution < 1.29 is 22.5 Å². The second kappa shape index (κ2) is 9.53. The van der Waals surface area contributed by atoms with Crippen LogP contribution in [-0.4, -0.2) is 51.9 Å². The van der Waals surface area contributed by atoms with Crippen molar-refractivity contribution in [1.29, 1.82) is 0 Å². The fraction of sp³-hybridized carbons (Fsp3) is 0.273. The highest BCUT2D eigenvalue weighted by Crippen LogP contribution is 2.36. The Kier molecular flexibility index (Phi) is 6.66. The molecule has 0 aliphatic carbocycles. The summed E-state index contributed by atoms with van der Waals surface area (Å²) in [7, 11) is -1.34. The topological polar surface area (TPSA) is 118 Å². The molecule has 0 spiro atoms. The van der Waals surface area contributed by atoms with E-state index in [4.69, 9.17) is 4.74 Å². The van der Waals surface area contributed by atoms with Crippen LogP contribution in [0.15, 0.2) is 42.9 Å². The fourth-order valence-electron chi connectivity index (χ4n) is 3.40. The number of fused-ring (bicyclic) bond motifs is 1. The van der Waals surface area contributed by atoms with Gasteiger partial charge in [-0.05, 0) is 31.4 Å². The number of nitrogens with one attached hydrogen (secondary N) is 3. The molecule has 4 aromatic rings. The first-order valence-electron chi connectivity index (χ1n) is 10.5. The van der Waals surface area contributed by atoms with E-state index < -0.39 is 18.9 Å². The van der Waals surface area contributed by atoms with Crippen LogP contribution in [-0.2, 0) is 17.2 Å². The third kappa shape index (κ3) is 5.54. The summed E-state index contributed by atoms with van der Waals surface area (Å²) < 4.78 is 58.2. The van der Waals surface area contributed by atoms with Crippen LogP contribution < -0.4 is 20.8 Å². The Morgan fingerprint density at radius 2 is 1.86 bits per heavy atom. The van der Waals surface area contributed by atoms with Gasteiger partial charge in [0.05, 0.1) is 13.3 Å². The number of nitrogens with zero attached hydrogens (tertiary/aromatic N) is 4. The van der Waals surface area contributed by atoms with Crippen molar-refractivity contribution in [3.63, 3.8) is 0 Å². The number of aromatic nitrogens is 5. The van der Waals surface area contributed by atoms with Crippen molar-refractivity contribution in [1.82, 2.24) is 24.9 Å². The van der Waals surface area contributed by atoms with Gasteiger partial charge in [-0.25, -0.2) is 15.0 Å². The average molecular weight is 505 g/mol. The van der Waals surface area contributed by atoms with Crippen LogP contribution in [0.5, 0.6) is 5.88 Å². The van der Waals surface area contributed by atoms with E-state index in [1.807, 2.05) is 30.5 Å². The van der Waals surface area contributed by atoms with Gasteiger partial charge in [0.1, 0.15) is 24.0 Å². The molecule has 0 radical (unpaired) electrons. The summed E-state index contributed by atoms with van der Waals surface area (Å²) in [5.41, 5.74) is 1.19. The first-order valence-corrected chi connectivity index (χ1v) is 13.1. The molecule has 0 aliphatic heterocycles. The van der Waals surface area contributed by atoms with Gasteiger partial charge in [0.15, 0.2) is 5.82 Å². The van der Waals surface area contributed by atoms with Crippen LogP contribution in [0.2, 0.25) is 0 Å². The van der Waals surface area contributed by atoms with Gasteiger partial charge in [0, 0.05) is 29.8 Å². The number of hydrogen-bond acceptors (Lipinski definition) is 8. The third-order valence-electron chi connectivity index (χ3n) is 5.16. The Morgan fingerprint density at radius 3 is 2.57 bits per heavy atom. The average Bonchev–Trinajstić information content (AvgIpc) is 3.21. The maximum atomic E-state index is 13.6. The highest BCUT2D eigenvalue weighted by atomic mass is 31.2. The van der Waals surface area contributed by atoms with Crippen LogP contribution in [0.4, 0.5) is 30.8 Å². The zero-order valence-corrected chi connectivity index (χ0v) is 20.0. The number of anilines is 3. The van der Waals surface area contributed by atoms with E-state index >= 15 is 0 Å². The van der Waals surface area contributed by atoms with Crippen molar-refractivity contribution in [2.75, 3.05) is 37.6 Å². The molecule has 0 saturated carbocycles. The molecular formula is C22H23F3N7O2P. The highest BCUT2D eigenvalue weighted by molar-refractivity contribution is 7.69. The molecule has 0 aliphatic rings. The van der Waals surface area contributed by atoms with E-state index in [1.54, 1.807) is 0 Å². The Morgan fingerprint density at radius 1 is 1.09 bits per heavy atom. The Bertz CT molecular complexity index is 1400. The van der Waals surface area contributed by atoms with Crippen molar-refractivity contribution in [2.45, 2.75) is 12.6 Å². The van der Waals surface area contributed by atoms with Crippen molar-refractivity contribution in [2.24, 2.45) is 0 Å². The SMILES string of the molecule is COc1nc(P(C)(C)=O)cnc1Nc1ncc(C(F)(F)F)c(NCCc2c[nH]c3ccccc23)n1. The lowest BCUT2D eigenvalue weighted by Crippen LogP contribution is -2.17. The third-order valence-corrected chi connectivity index (χ3v) is 6.48. The molecule has 4 rings (SSSR count). The van der Waals surface area contributed by atoms with Gasteiger partial charge in [-0.2, -0.15) is 18.2 Å². The summed E-state index contributed by atoms with van der Waals surface area (Å²) in [6, 6.07) is 7.69. The normalized spacial score (nSPS) is 12.1. The molecule has 13 heteroatoms. The van der Waals surface area contributed by atoms with Gasteiger partial charge < -0.3 is 24.9 Å². The molecule has 0 atom stereocenters. The maximum absolute atomic E-state index is 13.6. The summed E-state index contributed by atoms with van der Waals surface area (Å²) in [5.74, 6) is -0.410. The number of H-pyrrole nitrogens is 1. The lowest BCUT2D eigenvalue weighted by atomic mass is 10.1. The van der Waals surface area contributed by atoms with Gasteiger partial charge in [0.2, 0.25) is 5.95 Å². The smallest absolute Gasteiger partial charge is 0.421 e. The molecule has 3 N–H and O–H groups in total. The van der Waals surface area contributed by atoms with Gasteiger partial charge in [-0.1, -0.05) is 18.2 Å². The molecule has 3 aromatic heterocycles. The van der Waals surface area contributed by atoms with E-state index in [-0.39, 0.29) is 35.4 Å². The first-order chi connectivity index (χ1) is 16.6. The van der Waals surface area contributed by atoms with Gasteiger partial charge in [-0.3, -0.25) is 0 Å². The molecule has 0 fully saturated rings. The minimum atomic E-state index is -4.65. The second-order valence-corrected chi connectivity index (χ2v) is 11.2. The van der Waals surface area contributed by atoms with E-state index in [0.29, 0.717) is 12.6 Å². The van der Waals surface area contributed by atoms with Crippen LogP contribution in [0, 0.1) is 0 Å². The highest BCUT2D eigenvalue weighted by Gasteiger charge is 2.35. The zero-order valence-electron chi connectivity index (χ0n) is 19.1. The number of hydrogen-bond donors (Lipinski definition) is 3. The standard InChI is InChI=1S/C22H23F3N7O2P/c1-34-20-19(28-12-17(30-20)35(2,3)33)32-21-29-11-15(22(23,24)25)18(31-21)26-9-8-13-10-27-16-7-5-4-6-14(13)16/h4-7,10-12,27H,8-9H2,1-3H3,(H2,26,28,29,31,32). The largest absolute Gasteiger partial charge is 0.478 e. The predicted molar refractivity (Wildman–Crippen MR) is 128 cm³/mol. The summed E-state index contributed by atoms with van der Waals surface area (Å²) in [4.78, 5) is 19.3. The van der Waals surface area contributed by atoms with Gasteiger partial charge in [0.25, 0.3) is 5.88 Å². The molecule has 0 saturated heterocycles. The van der Waals surface area contributed by atoms with Crippen LogP contribution in [0.1, 0.15) is 11.1 Å². The summed E-state index contributed by atoms with van der Waals surface area (Å²) in [6.07, 6.45) is -0.322. The van der Waals surface area contributed by atoms with E-state index in [0.717, 1.165) is 16.5 Å². The van der Waals surface area contributed by atoms with E-state index in [1.165, 1.54) is 26.6 Å². The maximum Gasteiger partial charge on any atom is 0.421 e. The van der Waals surface area contributed by atoms with Gasteiger partial charge in [-0.15, -0.1) is 0 Å². The first kappa shape index (κ1) is 24.5. The molecular weight excluding hydrogens is 482 g/mol. The molecule has 184 valence electrons. The second-order valence-electron chi connectivity index (χ2n) is 8.05. The molecule has 0 bridgehead atoms. The fourth-order valence-corrected chi connectivity index (χ4v) is 4.06. The summed E-state index contributed by atoms with van der Waals surface area (Å²) in [5, 5.41) is 6.51. The number of para-hydroxylation sites is 1.